The minimum atomic E-state index is -0.191. The van der Waals surface area contributed by atoms with E-state index in [1.165, 1.54) is 0 Å². The molecule has 2 rings (SSSR count). The van der Waals surface area contributed by atoms with E-state index in [9.17, 15) is 4.79 Å². The Morgan fingerprint density at radius 1 is 1.47 bits per heavy atom. The van der Waals surface area contributed by atoms with Crippen molar-refractivity contribution in [2.75, 3.05) is 6.54 Å². The second-order valence-corrected chi connectivity index (χ2v) is 3.39. The number of hydrogen-bond acceptors (Lipinski definition) is 3. The van der Waals surface area contributed by atoms with Crippen LogP contribution in [0.2, 0.25) is 0 Å². The number of rotatable bonds is 1. The lowest BCUT2D eigenvalue weighted by atomic mass is 10.2. The summed E-state index contributed by atoms with van der Waals surface area (Å²) in [5.74, 6) is -0.191. The zero-order valence-corrected chi connectivity index (χ0v) is 8.43. The van der Waals surface area contributed by atoms with Gasteiger partial charge in [-0.3, -0.25) is 10.1 Å². The smallest absolute Gasteiger partial charge is 0.292 e. The lowest BCUT2D eigenvalue weighted by Crippen LogP contribution is -2.31. The van der Waals surface area contributed by atoms with E-state index in [1.807, 2.05) is 25.1 Å². The van der Waals surface area contributed by atoms with E-state index in [2.05, 4.69) is 10.3 Å². The number of ether oxygens (including phenoxy) is 1. The van der Waals surface area contributed by atoms with E-state index >= 15 is 0 Å². The Balaban J connectivity index is 1.99. The highest BCUT2D eigenvalue weighted by Gasteiger charge is 2.17. The van der Waals surface area contributed by atoms with Crippen LogP contribution in [0.1, 0.15) is 17.3 Å². The second-order valence-electron chi connectivity index (χ2n) is 3.39. The monoisotopic (exact) mass is 204 g/mol. The highest BCUT2D eigenvalue weighted by Crippen LogP contribution is 2.03. The molecule has 1 aliphatic rings. The Kier molecular flexibility index (Phi) is 2.67. The summed E-state index contributed by atoms with van der Waals surface area (Å²) in [4.78, 5) is 15.7. The molecule has 0 aromatic heterocycles. The molecule has 1 N–H and O–H groups in total. The van der Waals surface area contributed by atoms with Crippen LogP contribution in [0.15, 0.2) is 35.3 Å². The van der Waals surface area contributed by atoms with Crippen molar-refractivity contribution in [3.8, 4) is 0 Å². The standard InChI is InChI=1S/C11H12N2O2/c1-8-7-12-11(15-8)13-10(14)9-5-3-2-4-6-9/h2-6,8H,7H2,1H3,(H,12,13,14)/t8-/m1/s1. The van der Waals surface area contributed by atoms with Gasteiger partial charge in [0.15, 0.2) is 0 Å². The van der Waals surface area contributed by atoms with Gasteiger partial charge in [-0.25, -0.2) is 4.99 Å². The van der Waals surface area contributed by atoms with Gasteiger partial charge in [0.1, 0.15) is 6.10 Å². The average Bonchev–Trinajstić information content (AvgIpc) is 2.65. The third kappa shape index (κ3) is 2.34. The van der Waals surface area contributed by atoms with Crippen molar-refractivity contribution in [2.45, 2.75) is 13.0 Å². The fourth-order valence-electron chi connectivity index (χ4n) is 1.30. The molecule has 0 saturated carbocycles. The largest absolute Gasteiger partial charge is 0.460 e. The molecular weight excluding hydrogens is 192 g/mol. The second kappa shape index (κ2) is 4.13. The third-order valence-corrected chi connectivity index (χ3v) is 2.06. The number of benzene rings is 1. The zero-order valence-electron chi connectivity index (χ0n) is 8.43. The van der Waals surface area contributed by atoms with Crippen molar-refractivity contribution in [1.82, 2.24) is 5.32 Å². The summed E-state index contributed by atoms with van der Waals surface area (Å²) >= 11 is 0. The van der Waals surface area contributed by atoms with Gasteiger partial charge in [0, 0.05) is 5.56 Å². The van der Waals surface area contributed by atoms with Crippen molar-refractivity contribution in [3.63, 3.8) is 0 Å². The van der Waals surface area contributed by atoms with E-state index < -0.39 is 0 Å². The minimum Gasteiger partial charge on any atom is -0.460 e. The highest BCUT2D eigenvalue weighted by atomic mass is 16.5. The summed E-state index contributed by atoms with van der Waals surface area (Å²) in [5, 5.41) is 2.61. The lowest BCUT2D eigenvalue weighted by Gasteiger charge is -2.06. The SMILES string of the molecule is C[C@@H]1CN=C(NC(=O)c2ccccc2)O1. The maximum Gasteiger partial charge on any atom is 0.292 e. The zero-order chi connectivity index (χ0) is 10.7. The van der Waals surface area contributed by atoms with Gasteiger partial charge in [-0.2, -0.15) is 0 Å². The maximum absolute atomic E-state index is 11.6. The molecule has 0 aliphatic carbocycles. The molecule has 0 spiro atoms. The molecule has 15 heavy (non-hydrogen) atoms. The summed E-state index contributed by atoms with van der Waals surface area (Å²) in [6.45, 7) is 2.51. The molecule has 1 atom stereocenters. The number of nitrogens with one attached hydrogen (secondary N) is 1. The summed E-state index contributed by atoms with van der Waals surface area (Å²) < 4.78 is 5.27. The lowest BCUT2D eigenvalue weighted by molar-refractivity contribution is 0.0964. The fourth-order valence-corrected chi connectivity index (χ4v) is 1.30. The first-order valence-electron chi connectivity index (χ1n) is 4.83. The van der Waals surface area contributed by atoms with Gasteiger partial charge in [0.2, 0.25) is 0 Å². The van der Waals surface area contributed by atoms with Gasteiger partial charge in [0.05, 0.1) is 6.54 Å². The molecule has 1 aliphatic heterocycles. The molecule has 0 radical (unpaired) electrons. The summed E-state index contributed by atoms with van der Waals surface area (Å²) in [6, 6.07) is 9.30. The van der Waals surface area contributed by atoms with Crippen molar-refractivity contribution in [2.24, 2.45) is 4.99 Å². The Morgan fingerprint density at radius 2 is 2.20 bits per heavy atom. The number of amidine groups is 1. The van der Waals surface area contributed by atoms with Crippen LogP contribution in [0.5, 0.6) is 0 Å². The van der Waals surface area contributed by atoms with E-state index in [0.717, 1.165) is 0 Å². The third-order valence-electron chi connectivity index (χ3n) is 2.06. The fraction of sp³-hybridized carbons (Fsp3) is 0.273. The van der Waals surface area contributed by atoms with Gasteiger partial charge in [-0.15, -0.1) is 0 Å². The van der Waals surface area contributed by atoms with E-state index in [-0.39, 0.29) is 12.0 Å². The van der Waals surface area contributed by atoms with Crippen LogP contribution < -0.4 is 5.32 Å². The molecule has 1 amide bonds. The van der Waals surface area contributed by atoms with Crippen LogP contribution in [0, 0.1) is 0 Å². The topological polar surface area (TPSA) is 50.7 Å². The minimum absolute atomic E-state index is 0.0519. The van der Waals surface area contributed by atoms with Crippen LogP contribution in [0.3, 0.4) is 0 Å². The Labute approximate surface area is 88.0 Å². The van der Waals surface area contributed by atoms with E-state index in [4.69, 9.17) is 4.74 Å². The number of hydrogen-bond donors (Lipinski definition) is 1. The summed E-state index contributed by atoms with van der Waals surface area (Å²) in [5.41, 5.74) is 0.600. The first-order chi connectivity index (χ1) is 7.25. The van der Waals surface area contributed by atoms with E-state index in [0.29, 0.717) is 18.1 Å². The van der Waals surface area contributed by atoms with Gasteiger partial charge < -0.3 is 4.74 Å². The molecule has 4 heteroatoms. The van der Waals surface area contributed by atoms with Crippen LogP contribution in [-0.2, 0) is 4.74 Å². The molecule has 4 nitrogen and oxygen atoms in total. The Bertz CT molecular complexity index is 387. The number of carbonyl (C=O) groups excluding carboxylic acids is 1. The van der Waals surface area contributed by atoms with Gasteiger partial charge in [-0.05, 0) is 19.1 Å². The summed E-state index contributed by atoms with van der Waals surface area (Å²) in [6.07, 6.45) is 0.0519. The average molecular weight is 204 g/mol. The summed E-state index contributed by atoms with van der Waals surface area (Å²) in [7, 11) is 0. The Hall–Kier alpha value is -1.84. The first-order valence-corrected chi connectivity index (χ1v) is 4.83. The molecule has 78 valence electrons. The predicted molar refractivity (Wildman–Crippen MR) is 56.8 cm³/mol. The van der Waals surface area contributed by atoms with Gasteiger partial charge in [0.25, 0.3) is 11.9 Å². The molecule has 0 unspecified atom stereocenters. The van der Waals surface area contributed by atoms with Gasteiger partial charge in [-0.1, -0.05) is 18.2 Å². The molecule has 0 bridgehead atoms. The number of carbonyl (C=O) groups is 1. The first kappa shape index (κ1) is 9.71. The van der Waals surface area contributed by atoms with Crippen molar-refractivity contribution in [1.29, 1.82) is 0 Å². The molecule has 1 heterocycles. The van der Waals surface area contributed by atoms with Crippen molar-refractivity contribution >= 4 is 11.9 Å². The molecule has 1 aromatic carbocycles. The molecule has 0 saturated heterocycles. The van der Waals surface area contributed by atoms with Crippen LogP contribution >= 0.6 is 0 Å². The predicted octanol–water partition coefficient (Wildman–Crippen LogP) is 1.19. The van der Waals surface area contributed by atoms with E-state index in [1.54, 1.807) is 12.1 Å². The maximum atomic E-state index is 11.6. The highest BCUT2D eigenvalue weighted by molar-refractivity contribution is 6.04. The molecular formula is C11H12N2O2. The number of aliphatic imine (C=N–C) groups is 1. The normalized spacial score (nSPS) is 19.3. The Morgan fingerprint density at radius 3 is 2.80 bits per heavy atom. The van der Waals surface area contributed by atoms with Gasteiger partial charge >= 0.3 is 0 Å². The van der Waals surface area contributed by atoms with Crippen LogP contribution in [0.4, 0.5) is 0 Å². The van der Waals surface area contributed by atoms with Crippen molar-refractivity contribution in [3.05, 3.63) is 35.9 Å². The molecule has 1 aromatic rings. The van der Waals surface area contributed by atoms with Crippen molar-refractivity contribution < 1.29 is 9.53 Å². The quantitative estimate of drug-likeness (QED) is 0.747. The van der Waals surface area contributed by atoms with Crippen LogP contribution in [-0.4, -0.2) is 24.6 Å². The molecule has 0 fully saturated rings. The van der Waals surface area contributed by atoms with Crippen LogP contribution in [0.25, 0.3) is 0 Å². The number of amides is 1. The number of nitrogens with zero attached hydrogens (tertiary/aromatic N) is 1.